The van der Waals surface area contributed by atoms with Crippen LogP contribution in [0.2, 0.25) is 0 Å². The molecule has 0 aromatic heterocycles. The first-order chi connectivity index (χ1) is 9.45. The van der Waals surface area contributed by atoms with Crippen molar-refractivity contribution >= 4 is 29.8 Å². The lowest BCUT2D eigenvalue weighted by Crippen LogP contribution is -2.35. The average Bonchev–Trinajstić information content (AvgIpc) is 2.44. The lowest BCUT2D eigenvalue weighted by atomic mass is 9.88. The van der Waals surface area contributed by atoms with Gasteiger partial charge in [0, 0.05) is 24.5 Å². The molecule has 1 aliphatic rings. The van der Waals surface area contributed by atoms with Gasteiger partial charge in [0.2, 0.25) is 0 Å². The number of carbonyl (C=O) groups excluding carboxylic acids is 1. The maximum Gasteiger partial charge on any atom is 0.311 e. The standard InChI is InChI=1S/C16H24N2O2.ClH/c1-16(2,15(19)20-3)9-11-18-10-5-6-12-13(17)7-4-8-14(12)18;/h4,7-8H,5-6,9-11,17H2,1-3H3;1H. The maximum atomic E-state index is 11.7. The number of esters is 1. The van der Waals surface area contributed by atoms with Crippen molar-refractivity contribution < 1.29 is 9.53 Å². The van der Waals surface area contributed by atoms with Crippen LogP contribution in [0.5, 0.6) is 0 Å². The molecule has 0 atom stereocenters. The van der Waals surface area contributed by atoms with E-state index in [1.807, 2.05) is 26.0 Å². The Bertz CT molecular complexity index is 503. The van der Waals surface area contributed by atoms with Gasteiger partial charge in [0.1, 0.15) is 0 Å². The molecule has 0 aliphatic carbocycles. The maximum absolute atomic E-state index is 11.7. The number of carbonyl (C=O) groups is 1. The number of hydrogen-bond acceptors (Lipinski definition) is 4. The molecule has 0 fully saturated rings. The number of methoxy groups -OCH3 is 1. The molecule has 0 unspecified atom stereocenters. The molecule has 0 amide bonds. The number of nitrogens with two attached hydrogens (primary N) is 1. The van der Waals surface area contributed by atoms with Crippen LogP contribution >= 0.6 is 12.4 Å². The van der Waals surface area contributed by atoms with Crippen molar-refractivity contribution in [2.45, 2.75) is 33.1 Å². The van der Waals surface area contributed by atoms with Gasteiger partial charge in [0.15, 0.2) is 0 Å². The molecule has 0 radical (unpaired) electrons. The Morgan fingerprint density at radius 3 is 2.81 bits per heavy atom. The fourth-order valence-electron chi connectivity index (χ4n) is 2.75. The van der Waals surface area contributed by atoms with Gasteiger partial charge in [-0.15, -0.1) is 12.4 Å². The molecule has 0 bridgehead atoms. The zero-order chi connectivity index (χ0) is 14.8. The van der Waals surface area contributed by atoms with E-state index in [1.165, 1.54) is 18.4 Å². The van der Waals surface area contributed by atoms with Gasteiger partial charge in [0.25, 0.3) is 0 Å². The summed E-state index contributed by atoms with van der Waals surface area (Å²) in [4.78, 5) is 14.1. The molecule has 1 heterocycles. The molecule has 1 aromatic rings. The number of ether oxygens (including phenoxy) is 1. The SMILES string of the molecule is COC(=O)C(C)(C)CCN1CCCc2c(N)cccc21.Cl. The van der Waals surface area contributed by atoms with E-state index in [4.69, 9.17) is 10.5 Å². The Labute approximate surface area is 133 Å². The zero-order valence-electron chi connectivity index (χ0n) is 13.0. The van der Waals surface area contributed by atoms with Crippen molar-refractivity contribution in [2.75, 3.05) is 30.8 Å². The fraction of sp³-hybridized carbons (Fsp3) is 0.562. The van der Waals surface area contributed by atoms with Gasteiger partial charge in [0.05, 0.1) is 12.5 Å². The monoisotopic (exact) mass is 312 g/mol. The highest BCUT2D eigenvalue weighted by Gasteiger charge is 2.30. The fourth-order valence-corrected chi connectivity index (χ4v) is 2.75. The Balaban J connectivity index is 0.00000220. The van der Waals surface area contributed by atoms with Gasteiger partial charge in [-0.3, -0.25) is 4.79 Å². The van der Waals surface area contributed by atoms with Crippen LogP contribution in [0.4, 0.5) is 11.4 Å². The van der Waals surface area contributed by atoms with E-state index in [-0.39, 0.29) is 18.4 Å². The Morgan fingerprint density at radius 1 is 1.43 bits per heavy atom. The first kappa shape index (κ1) is 17.6. The van der Waals surface area contributed by atoms with Crippen LogP contribution in [0.1, 0.15) is 32.3 Å². The highest BCUT2D eigenvalue weighted by atomic mass is 35.5. The van der Waals surface area contributed by atoms with Crippen LogP contribution in [-0.2, 0) is 16.0 Å². The van der Waals surface area contributed by atoms with Gasteiger partial charge in [-0.1, -0.05) is 6.07 Å². The van der Waals surface area contributed by atoms with Crippen LogP contribution in [0.3, 0.4) is 0 Å². The van der Waals surface area contributed by atoms with Crippen LogP contribution < -0.4 is 10.6 Å². The largest absolute Gasteiger partial charge is 0.469 e. The lowest BCUT2D eigenvalue weighted by molar-refractivity contribution is -0.150. The number of fused-ring (bicyclic) bond motifs is 1. The summed E-state index contributed by atoms with van der Waals surface area (Å²) in [6.07, 6.45) is 2.92. The van der Waals surface area contributed by atoms with Gasteiger partial charge < -0.3 is 15.4 Å². The topological polar surface area (TPSA) is 55.6 Å². The van der Waals surface area contributed by atoms with Gasteiger partial charge in [-0.25, -0.2) is 0 Å². The van der Waals surface area contributed by atoms with Crippen LogP contribution in [0.25, 0.3) is 0 Å². The molecular formula is C16H25ClN2O2. The summed E-state index contributed by atoms with van der Waals surface area (Å²) in [6, 6.07) is 6.08. The Kier molecular flexibility index (Phi) is 5.90. The average molecular weight is 313 g/mol. The van der Waals surface area contributed by atoms with E-state index in [2.05, 4.69) is 11.0 Å². The van der Waals surface area contributed by atoms with E-state index >= 15 is 0 Å². The number of nitrogen functional groups attached to an aromatic ring is 1. The smallest absolute Gasteiger partial charge is 0.311 e. The quantitative estimate of drug-likeness (QED) is 0.686. The molecule has 21 heavy (non-hydrogen) atoms. The highest BCUT2D eigenvalue weighted by Crippen LogP contribution is 2.32. The number of benzene rings is 1. The van der Waals surface area contributed by atoms with Crippen molar-refractivity contribution in [1.29, 1.82) is 0 Å². The minimum Gasteiger partial charge on any atom is -0.469 e. The molecule has 1 aromatic carbocycles. The first-order valence-electron chi connectivity index (χ1n) is 7.16. The van der Waals surface area contributed by atoms with E-state index in [0.29, 0.717) is 0 Å². The van der Waals surface area contributed by atoms with E-state index in [9.17, 15) is 4.79 Å². The van der Waals surface area contributed by atoms with Crippen molar-refractivity contribution in [3.8, 4) is 0 Å². The second-order valence-electron chi connectivity index (χ2n) is 6.06. The summed E-state index contributed by atoms with van der Waals surface area (Å²) in [5.74, 6) is -0.151. The van der Waals surface area contributed by atoms with Crippen LogP contribution in [0.15, 0.2) is 18.2 Å². The van der Waals surface area contributed by atoms with E-state index in [1.54, 1.807) is 0 Å². The van der Waals surface area contributed by atoms with Crippen molar-refractivity contribution in [3.63, 3.8) is 0 Å². The summed E-state index contributed by atoms with van der Waals surface area (Å²) in [5, 5.41) is 0. The Hall–Kier alpha value is -1.42. The van der Waals surface area contributed by atoms with E-state index < -0.39 is 5.41 Å². The summed E-state index contributed by atoms with van der Waals surface area (Å²) in [5.41, 5.74) is 8.94. The van der Waals surface area contributed by atoms with E-state index in [0.717, 1.165) is 38.0 Å². The molecule has 2 N–H and O–H groups in total. The molecule has 5 heteroatoms. The van der Waals surface area contributed by atoms with Crippen molar-refractivity contribution in [2.24, 2.45) is 5.41 Å². The number of rotatable bonds is 4. The molecule has 118 valence electrons. The van der Waals surface area contributed by atoms with Crippen molar-refractivity contribution in [1.82, 2.24) is 0 Å². The Morgan fingerprint density at radius 2 is 2.14 bits per heavy atom. The number of halogens is 1. The second-order valence-corrected chi connectivity index (χ2v) is 6.06. The summed E-state index contributed by atoms with van der Waals surface area (Å²) in [7, 11) is 1.45. The van der Waals surface area contributed by atoms with Gasteiger partial charge in [-0.05, 0) is 50.8 Å². The zero-order valence-corrected chi connectivity index (χ0v) is 13.8. The van der Waals surface area contributed by atoms with Gasteiger partial charge in [-0.2, -0.15) is 0 Å². The third kappa shape index (κ3) is 3.82. The molecule has 2 rings (SSSR count). The third-order valence-electron chi connectivity index (χ3n) is 4.13. The molecule has 4 nitrogen and oxygen atoms in total. The predicted molar refractivity (Wildman–Crippen MR) is 89.1 cm³/mol. The number of nitrogens with zero attached hydrogens (tertiary/aromatic N) is 1. The number of anilines is 2. The number of hydrogen-bond donors (Lipinski definition) is 1. The van der Waals surface area contributed by atoms with Crippen LogP contribution in [0, 0.1) is 5.41 Å². The van der Waals surface area contributed by atoms with Crippen molar-refractivity contribution in [3.05, 3.63) is 23.8 Å². The minimum absolute atomic E-state index is 0. The lowest BCUT2D eigenvalue weighted by Gasteiger charge is -2.34. The van der Waals surface area contributed by atoms with Crippen LogP contribution in [-0.4, -0.2) is 26.2 Å². The second kappa shape index (κ2) is 7.03. The molecule has 1 aliphatic heterocycles. The molecule has 0 saturated carbocycles. The molecule has 0 spiro atoms. The van der Waals surface area contributed by atoms with Gasteiger partial charge >= 0.3 is 5.97 Å². The predicted octanol–water partition coefficient (Wildman–Crippen LogP) is 3.03. The highest BCUT2D eigenvalue weighted by molar-refractivity contribution is 5.85. The first-order valence-corrected chi connectivity index (χ1v) is 7.16. The normalized spacial score (nSPS) is 14.1. The minimum atomic E-state index is -0.452. The molecule has 0 saturated heterocycles. The summed E-state index contributed by atoms with van der Waals surface area (Å²) in [6.45, 7) is 5.73. The summed E-state index contributed by atoms with van der Waals surface area (Å²) < 4.78 is 4.87. The third-order valence-corrected chi connectivity index (χ3v) is 4.13. The summed E-state index contributed by atoms with van der Waals surface area (Å²) >= 11 is 0. The molecular weight excluding hydrogens is 288 g/mol.